The van der Waals surface area contributed by atoms with Gasteiger partial charge in [-0.05, 0) is 42.8 Å². The first-order chi connectivity index (χ1) is 13.2. The molecular formula is C23H20N2O2. The van der Waals surface area contributed by atoms with E-state index in [4.69, 9.17) is 4.74 Å². The third kappa shape index (κ3) is 3.17. The van der Waals surface area contributed by atoms with Gasteiger partial charge < -0.3 is 4.74 Å². The van der Waals surface area contributed by atoms with Gasteiger partial charge in [0.15, 0.2) is 0 Å². The lowest BCUT2D eigenvalue weighted by atomic mass is 10.00. The van der Waals surface area contributed by atoms with Crippen LogP contribution < -0.4 is 10.3 Å². The summed E-state index contributed by atoms with van der Waals surface area (Å²) in [5.74, 6) is 0.772. The van der Waals surface area contributed by atoms with E-state index in [1.54, 1.807) is 7.11 Å². The van der Waals surface area contributed by atoms with E-state index in [9.17, 15) is 4.79 Å². The molecule has 0 unspecified atom stereocenters. The van der Waals surface area contributed by atoms with Gasteiger partial charge in [0.1, 0.15) is 5.75 Å². The third-order valence-corrected chi connectivity index (χ3v) is 4.59. The van der Waals surface area contributed by atoms with Gasteiger partial charge in [0, 0.05) is 5.56 Å². The fraction of sp³-hybridized carbons (Fsp3) is 0.0870. The molecule has 3 aromatic carbocycles. The van der Waals surface area contributed by atoms with Gasteiger partial charge in [-0.15, -0.1) is 0 Å². The van der Waals surface area contributed by atoms with Crippen LogP contribution >= 0.6 is 0 Å². The summed E-state index contributed by atoms with van der Waals surface area (Å²) >= 11 is 0. The first-order valence-electron chi connectivity index (χ1n) is 8.79. The summed E-state index contributed by atoms with van der Waals surface area (Å²) in [7, 11) is 1.64. The molecule has 134 valence electrons. The molecule has 0 amide bonds. The van der Waals surface area contributed by atoms with Gasteiger partial charge >= 0.3 is 0 Å². The summed E-state index contributed by atoms with van der Waals surface area (Å²) in [5.41, 5.74) is 5.28. The summed E-state index contributed by atoms with van der Waals surface area (Å²) < 4.78 is 7.10. The summed E-state index contributed by atoms with van der Waals surface area (Å²) in [6, 6.07) is 25.6. The molecule has 4 nitrogen and oxygen atoms in total. The van der Waals surface area contributed by atoms with E-state index in [-0.39, 0.29) is 5.56 Å². The third-order valence-electron chi connectivity index (χ3n) is 4.59. The van der Waals surface area contributed by atoms with Crippen molar-refractivity contribution in [1.29, 1.82) is 0 Å². The SMILES string of the molecule is COc1ccc(-n2[nH]c(=O)c(-c3ccccc3)c2-c2cccc(C)c2)cc1. The maximum Gasteiger partial charge on any atom is 0.272 e. The molecule has 4 aromatic rings. The van der Waals surface area contributed by atoms with Crippen LogP contribution in [0, 0.1) is 6.92 Å². The number of nitrogens with zero attached hydrogens (tertiary/aromatic N) is 1. The normalized spacial score (nSPS) is 10.7. The second kappa shape index (κ2) is 7.00. The molecule has 1 aromatic heterocycles. The number of hydrogen-bond donors (Lipinski definition) is 1. The number of H-pyrrole nitrogens is 1. The Morgan fingerprint density at radius 2 is 1.56 bits per heavy atom. The molecule has 0 saturated heterocycles. The number of aromatic amines is 1. The zero-order chi connectivity index (χ0) is 18.8. The Morgan fingerprint density at radius 1 is 0.852 bits per heavy atom. The van der Waals surface area contributed by atoms with Crippen LogP contribution in [0.3, 0.4) is 0 Å². The van der Waals surface area contributed by atoms with Crippen LogP contribution in [0.1, 0.15) is 5.56 Å². The van der Waals surface area contributed by atoms with Crippen LogP contribution in [-0.4, -0.2) is 16.9 Å². The van der Waals surface area contributed by atoms with Gasteiger partial charge in [0.2, 0.25) is 0 Å². The van der Waals surface area contributed by atoms with E-state index in [0.717, 1.165) is 33.8 Å². The van der Waals surface area contributed by atoms with Gasteiger partial charge in [-0.2, -0.15) is 0 Å². The Hall–Kier alpha value is -3.53. The highest BCUT2D eigenvalue weighted by atomic mass is 16.5. The Labute approximate surface area is 157 Å². The van der Waals surface area contributed by atoms with Crippen molar-refractivity contribution in [2.24, 2.45) is 0 Å². The number of hydrogen-bond acceptors (Lipinski definition) is 2. The average Bonchev–Trinajstić information content (AvgIpc) is 3.06. The summed E-state index contributed by atoms with van der Waals surface area (Å²) in [6.45, 7) is 2.05. The van der Waals surface area contributed by atoms with Crippen LogP contribution in [0.5, 0.6) is 5.75 Å². The molecule has 0 atom stereocenters. The fourth-order valence-corrected chi connectivity index (χ4v) is 3.30. The zero-order valence-corrected chi connectivity index (χ0v) is 15.3. The van der Waals surface area contributed by atoms with Crippen molar-refractivity contribution in [3.63, 3.8) is 0 Å². The Bertz CT molecular complexity index is 1120. The van der Waals surface area contributed by atoms with E-state index in [1.807, 2.05) is 84.4 Å². The lowest BCUT2D eigenvalue weighted by Crippen LogP contribution is -2.05. The fourth-order valence-electron chi connectivity index (χ4n) is 3.30. The first kappa shape index (κ1) is 16.9. The highest BCUT2D eigenvalue weighted by molar-refractivity contribution is 5.82. The zero-order valence-electron chi connectivity index (χ0n) is 15.3. The minimum Gasteiger partial charge on any atom is -0.497 e. The van der Waals surface area contributed by atoms with Crippen LogP contribution in [0.4, 0.5) is 0 Å². The van der Waals surface area contributed by atoms with Crippen LogP contribution in [0.2, 0.25) is 0 Å². The summed E-state index contributed by atoms with van der Waals surface area (Å²) in [5, 5.41) is 3.00. The molecule has 27 heavy (non-hydrogen) atoms. The molecule has 0 bridgehead atoms. The second-order valence-electron chi connectivity index (χ2n) is 6.43. The molecule has 0 fully saturated rings. The number of rotatable bonds is 4. The van der Waals surface area contributed by atoms with Crippen molar-refractivity contribution in [2.75, 3.05) is 7.11 Å². The quantitative estimate of drug-likeness (QED) is 0.570. The average molecular weight is 356 g/mol. The van der Waals surface area contributed by atoms with Gasteiger partial charge in [-0.1, -0.05) is 54.1 Å². The molecular weight excluding hydrogens is 336 g/mol. The van der Waals surface area contributed by atoms with Gasteiger partial charge in [0.05, 0.1) is 24.1 Å². The predicted molar refractivity (Wildman–Crippen MR) is 109 cm³/mol. The topological polar surface area (TPSA) is 47.0 Å². The molecule has 1 N–H and O–H groups in total. The van der Waals surface area contributed by atoms with Crippen molar-refractivity contribution in [1.82, 2.24) is 9.78 Å². The van der Waals surface area contributed by atoms with E-state index >= 15 is 0 Å². The maximum absolute atomic E-state index is 12.9. The number of aryl methyl sites for hydroxylation is 1. The van der Waals surface area contributed by atoms with Crippen LogP contribution in [0.15, 0.2) is 83.7 Å². The number of ether oxygens (including phenoxy) is 1. The number of nitrogens with one attached hydrogen (secondary N) is 1. The molecule has 0 aliphatic rings. The molecule has 4 heteroatoms. The second-order valence-corrected chi connectivity index (χ2v) is 6.43. The molecule has 0 saturated carbocycles. The highest BCUT2D eigenvalue weighted by Crippen LogP contribution is 2.32. The predicted octanol–water partition coefficient (Wildman–Crippen LogP) is 4.82. The molecule has 1 heterocycles. The van der Waals surface area contributed by atoms with Crippen molar-refractivity contribution < 1.29 is 4.74 Å². The lowest BCUT2D eigenvalue weighted by Gasteiger charge is -2.12. The van der Waals surface area contributed by atoms with E-state index in [0.29, 0.717) is 5.56 Å². The number of methoxy groups -OCH3 is 1. The van der Waals surface area contributed by atoms with Crippen LogP contribution in [-0.2, 0) is 0 Å². The highest BCUT2D eigenvalue weighted by Gasteiger charge is 2.19. The Balaban J connectivity index is 2.00. The van der Waals surface area contributed by atoms with Gasteiger partial charge in [0.25, 0.3) is 5.56 Å². The monoisotopic (exact) mass is 356 g/mol. The van der Waals surface area contributed by atoms with Crippen molar-refractivity contribution in [3.8, 4) is 33.8 Å². The summed E-state index contributed by atoms with van der Waals surface area (Å²) in [4.78, 5) is 12.9. The number of benzene rings is 3. The lowest BCUT2D eigenvalue weighted by molar-refractivity contribution is 0.414. The standard InChI is InChI=1S/C23H20N2O2/c1-16-7-6-10-18(15-16)22-21(17-8-4-3-5-9-17)23(26)24-25(22)19-11-13-20(27-2)14-12-19/h3-15H,1-2H3,(H,24,26). The number of aromatic nitrogens is 2. The minimum atomic E-state index is -0.117. The van der Waals surface area contributed by atoms with E-state index in [2.05, 4.69) is 11.2 Å². The van der Waals surface area contributed by atoms with Crippen molar-refractivity contribution in [2.45, 2.75) is 6.92 Å². The first-order valence-corrected chi connectivity index (χ1v) is 8.79. The van der Waals surface area contributed by atoms with Crippen molar-refractivity contribution in [3.05, 3.63) is 94.8 Å². The molecule has 0 aliphatic carbocycles. The largest absolute Gasteiger partial charge is 0.497 e. The smallest absolute Gasteiger partial charge is 0.272 e. The molecule has 0 radical (unpaired) electrons. The van der Waals surface area contributed by atoms with Crippen LogP contribution in [0.25, 0.3) is 28.1 Å². The molecule has 4 rings (SSSR count). The van der Waals surface area contributed by atoms with Crippen molar-refractivity contribution >= 4 is 0 Å². The van der Waals surface area contributed by atoms with E-state index < -0.39 is 0 Å². The summed E-state index contributed by atoms with van der Waals surface area (Å²) in [6.07, 6.45) is 0. The van der Waals surface area contributed by atoms with Gasteiger partial charge in [-0.25, -0.2) is 0 Å². The Kier molecular flexibility index (Phi) is 4.38. The minimum absolute atomic E-state index is 0.117. The Morgan fingerprint density at radius 3 is 2.22 bits per heavy atom. The maximum atomic E-state index is 12.9. The molecule has 0 aliphatic heterocycles. The van der Waals surface area contributed by atoms with Gasteiger partial charge in [-0.3, -0.25) is 14.6 Å². The van der Waals surface area contributed by atoms with E-state index in [1.165, 1.54) is 0 Å². The molecule has 0 spiro atoms.